The van der Waals surface area contributed by atoms with Crippen molar-refractivity contribution < 1.29 is 18.6 Å². The van der Waals surface area contributed by atoms with Crippen LogP contribution >= 0.6 is 0 Å². The summed E-state index contributed by atoms with van der Waals surface area (Å²) >= 11 is 0. The van der Waals surface area contributed by atoms with Crippen molar-refractivity contribution in [2.75, 3.05) is 33.2 Å². The summed E-state index contributed by atoms with van der Waals surface area (Å²) in [6.45, 7) is 0.964. The van der Waals surface area contributed by atoms with E-state index < -0.39 is 5.82 Å². The van der Waals surface area contributed by atoms with Crippen LogP contribution in [0.2, 0.25) is 0 Å². The SMILES string of the molecule is COCCCOc1cc(OC)c(N)cc1F. The molecule has 0 saturated carbocycles. The Kier molecular flexibility index (Phi) is 4.85. The summed E-state index contributed by atoms with van der Waals surface area (Å²) in [6, 6.07) is 2.63. The van der Waals surface area contributed by atoms with Crippen LogP contribution in [0.4, 0.5) is 10.1 Å². The topological polar surface area (TPSA) is 53.7 Å². The highest BCUT2D eigenvalue weighted by Crippen LogP contribution is 2.29. The number of halogens is 1. The Bertz CT molecular complexity index is 344. The van der Waals surface area contributed by atoms with Crippen LogP contribution in [-0.4, -0.2) is 27.4 Å². The van der Waals surface area contributed by atoms with E-state index in [0.29, 0.717) is 25.4 Å². The van der Waals surface area contributed by atoms with Crippen molar-refractivity contribution in [1.82, 2.24) is 0 Å². The fourth-order valence-corrected chi connectivity index (χ4v) is 1.22. The van der Waals surface area contributed by atoms with Gasteiger partial charge in [-0.15, -0.1) is 0 Å². The second-order valence-electron chi connectivity index (χ2n) is 3.22. The molecule has 90 valence electrons. The van der Waals surface area contributed by atoms with Gasteiger partial charge in [0.05, 0.1) is 19.4 Å². The third-order valence-electron chi connectivity index (χ3n) is 2.03. The number of nitrogen functional groups attached to an aromatic ring is 1. The van der Waals surface area contributed by atoms with E-state index in [1.54, 1.807) is 7.11 Å². The van der Waals surface area contributed by atoms with Crippen molar-refractivity contribution in [3.63, 3.8) is 0 Å². The highest BCUT2D eigenvalue weighted by Gasteiger charge is 2.09. The molecular weight excluding hydrogens is 213 g/mol. The van der Waals surface area contributed by atoms with Crippen LogP contribution in [0.1, 0.15) is 6.42 Å². The van der Waals surface area contributed by atoms with Crippen molar-refractivity contribution in [2.45, 2.75) is 6.42 Å². The molecule has 16 heavy (non-hydrogen) atoms. The molecule has 0 aromatic heterocycles. The minimum absolute atomic E-state index is 0.141. The summed E-state index contributed by atoms with van der Waals surface area (Å²) in [7, 11) is 3.07. The van der Waals surface area contributed by atoms with Crippen LogP contribution in [0.5, 0.6) is 11.5 Å². The Balaban J connectivity index is 2.64. The molecule has 1 aromatic carbocycles. The Morgan fingerprint density at radius 2 is 1.94 bits per heavy atom. The summed E-state index contributed by atoms with van der Waals surface area (Å²) in [5.74, 6) is 0.0565. The monoisotopic (exact) mass is 229 g/mol. The van der Waals surface area contributed by atoms with Gasteiger partial charge in [-0.1, -0.05) is 0 Å². The summed E-state index contributed by atoms with van der Waals surface area (Å²) in [6.07, 6.45) is 0.697. The molecule has 0 aliphatic rings. The number of benzene rings is 1. The molecule has 0 saturated heterocycles. The number of rotatable bonds is 6. The normalized spacial score (nSPS) is 10.2. The van der Waals surface area contributed by atoms with Gasteiger partial charge in [0.25, 0.3) is 0 Å². The molecule has 0 unspecified atom stereocenters. The average Bonchev–Trinajstić information content (AvgIpc) is 2.27. The Morgan fingerprint density at radius 1 is 1.19 bits per heavy atom. The van der Waals surface area contributed by atoms with Crippen LogP contribution in [0.3, 0.4) is 0 Å². The number of methoxy groups -OCH3 is 2. The summed E-state index contributed by atoms with van der Waals surface area (Å²) < 4.78 is 28.5. The maximum absolute atomic E-state index is 13.4. The lowest BCUT2D eigenvalue weighted by Crippen LogP contribution is -2.03. The number of anilines is 1. The molecule has 0 spiro atoms. The molecule has 0 bridgehead atoms. The first-order chi connectivity index (χ1) is 7.69. The molecule has 0 fully saturated rings. The lowest BCUT2D eigenvalue weighted by atomic mass is 10.2. The quantitative estimate of drug-likeness (QED) is 0.597. The third-order valence-corrected chi connectivity index (χ3v) is 2.03. The van der Waals surface area contributed by atoms with Crippen molar-refractivity contribution in [1.29, 1.82) is 0 Å². The van der Waals surface area contributed by atoms with Gasteiger partial charge in [0, 0.05) is 32.3 Å². The largest absolute Gasteiger partial charge is 0.494 e. The second kappa shape index (κ2) is 6.17. The van der Waals surface area contributed by atoms with Gasteiger partial charge in [0.1, 0.15) is 5.75 Å². The number of hydrogen-bond donors (Lipinski definition) is 1. The van der Waals surface area contributed by atoms with Crippen LogP contribution < -0.4 is 15.2 Å². The van der Waals surface area contributed by atoms with Gasteiger partial charge in [-0.05, 0) is 0 Å². The van der Waals surface area contributed by atoms with E-state index in [1.165, 1.54) is 19.2 Å². The molecule has 0 atom stereocenters. The maximum atomic E-state index is 13.4. The van der Waals surface area contributed by atoms with Crippen LogP contribution in [0.25, 0.3) is 0 Å². The molecule has 0 amide bonds. The van der Waals surface area contributed by atoms with E-state index in [9.17, 15) is 4.39 Å². The van der Waals surface area contributed by atoms with Crippen LogP contribution in [0.15, 0.2) is 12.1 Å². The zero-order valence-electron chi connectivity index (χ0n) is 9.46. The van der Waals surface area contributed by atoms with E-state index in [0.717, 1.165) is 0 Å². The predicted molar refractivity (Wildman–Crippen MR) is 59.4 cm³/mol. The van der Waals surface area contributed by atoms with Gasteiger partial charge in [-0.25, -0.2) is 4.39 Å². The van der Waals surface area contributed by atoms with Crippen LogP contribution in [0, 0.1) is 5.82 Å². The molecule has 0 aliphatic heterocycles. The van der Waals surface area contributed by atoms with Crippen molar-refractivity contribution in [3.8, 4) is 11.5 Å². The molecule has 0 aliphatic carbocycles. The molecule has 2 N–H and O–H groups in total. The first kappa shape index (κ1) is 12.6. The summed E-state index contributed by atoms with van der Waals surface area (Å²) in [4.78, 5) is 0. The van der Waals surface area contributed by atoms with E-state index in [4.69, 9.17) is 19.9 Å². The van der Waals surface area contributed by atoms with Crippen molar-refractivity contribution in [3.05, 3.63) is 17.9 Å². The highest BCUT2D eigenvalue weighted by molar-refractivity contribution is 5.56. The molecule has 5 heteroatoms. The lowest BCUT2D eigenvalue weighted by Gasteiger charge is -2.10. The Labute approximate surface area is 94.1 Å². The Hall–Kier alpha value is -1.49. The fourth-order valence-electron chi connectivity index (χ4n) is 1.22. The molecule has 1 rings (SSSR count). The van der Waals surface area contributed by atoms with Crippen LogP contribution in [-0.2, 0) is 4.74 Å². The average molecular weight is 229 g/mol. The highest BCUT2D eigenvalue weighted by atomic mass is 19.1. The minimum Gasteiger partial charge on any atom is -0.494 e. The van der Waals surface area contributed by atoms with Gasteiger partial charge < -0.3 is 19.9 Å². The fraction of sp³-hybridized carbons (Fsp3) is 0.455. The minimum atomic E-state index is -0.490. The first-order valence-electron chi connectivity index (χ1n) is 4.93. The lowest BCUT2D eigenvalue weighted by molar-refractivity contribution is 0.170. The van der Waals surface area contributed by atoms with E-state index >= 15 is 0 Å². The molecular formula is C11H16FNO3. The maximum Gasteiger partial charge on any atom is 0.167 e. The Morgan fingerprint density at radius 3 is 2.56 bits per heavy atom. The van der Waals surface area contributed by atoms with Crippen molar-refractivity contribution in [2.24, 2.45) is 0 Å². The standard InChI is InChI=1S/C11H16FNO3/c1-14-4-3-5-16-10-7-11(15-2)9(13)6-8(10)12/h6-7H,3-5,13H2,1-2H3. The summed E-state index contributed by atoms with van der Waals surface area (Å²) in [5.41, 5.74) is 5.79. The van der Waals surface area contributed by atoms with Gasteiger partial charge in [0.2, 0.25) is 0 Å². The number of nitrogens with two attached hydrogens (primary N) is 1. The van der Waals surface area contributed by atoms with E-state index in [2.05, 4.69) is 0 Å². The second-order valence-corrected chi connectivity index (χ2v) is 3.22. The van der Waals surface area contributed by atoms with Gasteiger partial charge in [-0.3, -0.25) is 0 Å². The number of ether oxygens (including phenoxy) is 3. The molecule has 0 radical (unpaired) electrons. The molecule has 4 nitrogen and oxygen atoms in total. The van der Waals surface area contributed by atoms with Crippen molar-refractivity contribution >= 4 is 5.69 Å². The number of hydrogen-bond acceptors (Lipinski definition) is 4. The first-order valence-corrected chi connectivity index (χ1v) is 4.93. The molecule has 0 heterocycles. The van der Waals surface area contributed by atoms with E-state index in [-0.39, 0.29) is 11.4 Å². The molecule has 1 aromatic rings. The van der Waals surface area contributed by atoms with Gasteiger partial charge >= 0.3 is 0 Å². The van der Waals surface area contributed by atoms with Gasteiger partial charge in [0.15, 0.2) is 11.6 Å². The van der Waals surface area contributed by atoms with Gasteiger partial charge in [-0.2, -0.15) is 0 Å². The third kappa shape index (κ3) is 3.27. The zero-order valence-corrected chi connectivity index (χ0v) is 9.46. The van der Waals surface area contributed by atoms with E-state index in [1.807, 2.05) is 0 Å². The zero-order chi connectivity index (χ0) is 12.0. The summed E-state index contributed by atoms with van der Waals surface area (Å²) in [5, 5.41) is 0. The smallest absolute Gasteiger partial charge is 0.167 e. The predicted octanol–water partition coefficient (Wildman–Crippen LogP) is 1.83.